The number of imide groups is 1. The van der Waals surface area contributed by atoms with Gasteiger partial charge in [0.1, 0.15) is 5.54 Å². The first-order valence-corrected chi connectivity index (χ1v) is 6.67. The van der Waals surface area contributed by atoms with Crippen LogP contribution in [-0.4, -0.2) is 22.4 Å². The van der Waals surface area contributed by atoms with Crippen LogP contribution in [0.4, 0.5) is 4.79 Å². The van der Waals surface area contributed by atoms with Crippen LogP contribution in [-0.2, 0) is 11.3 Å². The molecule has 0 radical (unpaired) electrons. The number of hydrogen-bond acceptors (Lipinski definition) is 3. The molecule has 0 saturated carbocycles. The Kier molecular flexibility index (Phi) is 3.19. The van der Waals surface area contributed by atoms with Crippen LogP contribution in [0.2, 0.25) is 0 Å². The SMILES string of the molecule is CCC1(CC)C(=O)NC(=O)N1Cc1cccs1. The Morgan fingerprint density at radius 2 is 2.06 bits per heavy atom. The molecule has 1 aromatic rings. The molecule has 1 aromatic heterocycles. The van der Waals surface area contributed by atoms with E-state index in [2.05, 4.69) is 5.32 Å². The zero-order valence-electron chi connectivity index (χ0n) is 10.0. The van der Waals surface area contributed by atoms with Crippen molar-refractivity contribution in [2.24, 2.45) is 0 Å². The van der Waals surface area contributed by atoms with Crippen molar-refractivity contribution in [3.8, 4) is 0 Å². The summed E-state index contributed by atoms with van der Waals surface area (Å²) < 4.78 is 0. The summed E-state index contributed by atoms with van der Waals surface area (Å²) in [4.78, 5) is 26.5. The van der Waals surface area contributed by atoms with E-state index in [9.17, 15) is 9.59 Å². The van der Waals surface area contributed by atoms with E-state index in [0.29, 0.717) is 19.4 Å². The van der Waals surface area contributed by atoms with Crippen molar-refractivity contribution in [2.45, 2.75) is 38.8 Å². The highest BCUT2D eigenvalue weighted by molar-refractivity contribution is 7.09. The highest BCUT2D eigenvalue weighted by Crippen LogP contribution is 2.31. The Morgan fingerprint density at radius 3 is 2.59 bits per heavy atom. The zero-order chi connectivity index (χ0) is 12.5. The minimum atomic E-state index is -0.666. The number of amides is 3. The molecule has 1 saturated heterocycles. The van der Waals surface area contributed by atoms with E-state index in [1.54, 1.807) is 16.2 Å². The lowest BCUT2D eigenvalue weighted by Gasteiger charge is -2.33. The van der Waals surface area contributed by atoms with Crippen LogP contribution in [0.15, 0.2) is 17.5 Å². The van der Waals surface area contributed by atoms with E-state index in [-0.39, 0.29) is 11.9 Å². The molecular weight excluding hydrogens is 236 g/mol. The molecule has 2 heterocycles. The van der Waals surface area contributed by atoms with Crippen molar-refractivity contribution in [1.29, 1.82) is 0 Å². The van der Waals surface area contributed by atoms with Crippen LogP contribution in [0.3, 0.4) is 0 Å². The average Bonchev–Trinajstić information content (AvgIpc) is 2.89. The molecule has 0 spiro atoms. The highest BCUT2D eigenvalue weighted by Gasteiger charge is 2.50. The molecule has 0 unspecified atom stereocenters. The van der Waals surface area contributed by atoms with Gasteiger partial charge in [0.15, 0.2) is 0 Å². The molecule has 1 aliphatic rings. The number of hydrogen-bond donors (Lipinski definition) is 1. The van der Waals surface area contributed by atoms with Gasteiger partial charge in [-0.1, -0.05) is 19.9 Å². The summed E-state index contributed by atoms with van der Waals surface area (Å²) >= 11 is 1.60. The summed E-state index contributed by atoms with van der Waals surface area (Å²) in [5.41, 5.74) is -0.666. The molecule has 0 bridgehead atoms. The topological polar surface area (TPSA) is 49.4 Å². The van der Waals surface area contributed by atoms with Gasteiger partial charge in [0.2, 0.25) is 0 Å². The Labute approximate surface area is 105 Å². The molecule has 0 aliphatic carbocycles. The lowest BCUT2D eigenvalue weighted by molar-refractivity contribution is -0.127. The standard InChI is InChI=1S/C12H16N2O2S/c1-3-12(4-2)10(15)13-11(16)14(12)8-9-6-5-7-17-9/h5-7H,3-4,8H2,1-2H3,(H,13,15,16). The first kappa shape index (κ1) is 12.1. The van der Waals surface area contributed by atoms with Crippen molar-refractivity contribution < 1.29 is 9.59 Å². The third-order valence-corrected chi connectivity index (χ3v) is 4.33. The molecule has 3 amide bonds. The van der Waals surface area contributed by atoms with Crippen LogP contribution in [0, 0.1) is 0 Å². The molecular formula is C12H16N2O2S. The lowest BCUT2D eigenvalue weighted by Crippen LogP contribution is -2.48. The molecule has 1 N–H and O–H groups in total. The molecule has 0 atom stereocenters. The number of nitrogens with zero attached hydrogens (tertiary/aromatic N) is 1. The van der Waals surface area contributed by atoms with Gasteiger partial charge in [-0.05, 0) is 24.3 Å². The zero-order valence-corrected chi connectivity index (χ0v) is 10.8. The minimum Gasteiger partial charge on any atom is -0.305 e. The Morgan fingerprint density at radius 1 is 1.35 bits per heavy atom. The van der Waals surface area contributed by atoms with Gasteiger partial charge in [-0.2, -0.15) is 0 Å². The second-order valence-corrected chi connectivity index (χ2v) is 5.20. The van der Waals surface area contributed by atoms with E-state index in [4.69, 9.17) is 0 Å². The monoisotopic (exact) mass is 252 g/mol. The van der Waals surface area contributed by atoms with Crippen LogP contribution >= 0.6 is 11.3 Å². The van der Waals surface area contributed by atoms with Crippen LogP contribution in [0.5, 0.6) is 0 Å². The van der Waals surface area contributed by atoms with Gasteiger partial charge in [0, 0.05) is 4.88 Å². The Balaban J connectivity index is 2.29. The van der Waals surface area contributed by atoms with Gasteiger partial charge in [-0.3, -0.25) is 10.1 Å². The second kappa shape index (κ2) is 4.49. The molecule has 2 rings (SSSR count). The third-order valence-electron chi connectivity index (χ3n) is 3.47. The minimum absolute atomic E-state index is 0.163. The molecule has 17 heavy (non-hydrogen) atoms. The number of carbonyl (C=O) groups is 2. The fourth-order valence-electron chi connectivity index (χ4n) is 2.33. The molecule has 1 aliphatic heterocycles. The number of thiophene rings is 1. The largest absolute Gasteiger partial charge is 0.325 e. The van der Waals surface area contributed by atoms with Crippen molar-refractivity contribution in [3.05, 3.63) is 22.4 Å². The maximum Gasteiger partial charge on any atom is 0.325 e. The number of nitrogens with one attached hydrogen (secondary N) is 1. The number of carbonyl (C=O) groups excluding carboxylic acids is 2. The van der Waals surface area contributed by atoms with Crippen molar-refractivity contribution in [2.75, 3.05) is 0 Å². The fraction of sp³-hybridized carbons (Fsp3) is 0.500. The van der Waals surface area contributed by atoms with E-state index in [1.165, 1.54) is 0 Å². The summed E-state index contributed by atoms with van der Waals surface area (Å²) in [6.45, 7) is 4.41. The summed E-state index contributed by atoms with van der Waals surface area (Å²) in [5, 5.41) is 4.40. The predicted molar refractivity (Wildman–Crippen MR) is 66.7 cm³/mol. The second-order valence-electron chi connectivity index (χ2n) is 4.16. The Bertz CT molecular complexity index is 424. The molecule has 0 aromatic carbocycles. The van der Waals surface area contributed by atoms with Gasteiger partial charge < -0.3 is 4.90 Å². The normalized spacial score (nSPS) is 18.6. The van der Waals surface area contributed by atoms with E-state index in [1.807, 2.05) is 31.4 Å². The molecule has 4 nitrogen and oxygen atoms in total. The summed E-state index contributed by atoms with van der Waals surface area (Å²) in [5.74, 6) is -0.163. The van der Waals surface area contributed by atoms with Gasteiger partial charge >= 0.3 is 6.03 Å². The highest BCUT2D eigenvalue weighted by atomic mass is 32.1. The fourth-order valence-corrected chi connectivity index (χ4v) is 3.02. The quantitative estimate of drug-likeness (QED) is 0.836. The summed E-state index contributed by atoms with van der Waals surface area (Å²) in [6, 6.07) is 3.67. The maximum atomic E-state index is 11.9. The maximum absolute atomic E-state index is 11.9. The molecule has 1 fully saturated rings. The molecule has 92 valence electrons. The van der Waals surface area contributed by atoms with Crippen LogP contribution < -0.4 is 5.32 Å². The van der Waals surface area contributed by atoms with Crippen LogP contribution in [0.25, 0.3) is 0 Å². The van der Waals surface area contributed by atoms with E-state index in [0.717, 1.165) is 4.88 Å². The first-order chi connectivity index (χ1) is 8.14. The smallest absolute Gasteiger partial charge is 0.305 e. The van der Waals surface area contributed by atoms with Crippen LogP contribution in [0.1, 0.15) is 31.6 Å². The van der Waals surface area contributed by atoms with E-state index < -0.39 is 5.54 Å². The predicted octanol–water partition coefficient (Wildman–Crippen LogP) is 2.36. The van der Waals surface area contributed by atoms with Gasteiger partial charge in [-0.25, -0.2) is 4.79 Å². The third kappa shape index (κ3) is 1.84. The van der Waals surface area contributed by atoms with Crippen molar-refractivity contribution in [1.82, 2.24) is 10.2 Å². The number of rotatable bonds is 4. The lowest BCUT2D eigenvalue weighted by atomic mass is 9.91. The van der Waals surface area contributed by atoms with Crippen molar-refractivity contribution in [3.63, 3.8) is 0 Å². The Hall–Kier alpha value is -1.36. The van der Waals surface area contributed by atoms with Gasteiger partial charge in [0.25, 0.3) is 5.91 Å². The molecule has 5 heteroatoms. The first-order valence-electron chi connectivity index (χ1n) is 5.79. The average molecular weight is 252 g/mol. The summed E-state index contributed by atoms with van der Waals surface area (Å²) in [6.07, 6.45) is 1.29. The van der Waals surface area contributed by atoms with Gasteiger partial charge in [0.05, 0.1) is 6.54 Å². The van der Waals surface area contributed by atoms with Gasteiger partial charge in [-0.15, -0.1) is 11.3 Å². The van der Waals surface area contributed by atoms with Crippen molar-refractivity contribution >= 4 is 23.3 Å². The summed E-state index contributed by atoms with van der Waals surface area (Å²) in [7, 11) is 0. The van der Waals surface area contributed by atoms with E-state index >= 15 is 0 Å². The number of urea groups is 1.